The van der Waals surface area contributed by atoms with Gasteiger partial charge in [-0.3, -0.25) is 9.69 Å². The fourth-order valence-corrected chi connectivity index (χ4v) is 3.50. The maximum Gasteiger partial charge on any atom is 0.324 e. The van der Waals surface area contributed by atoms with Gasteiger partial charge in [0.05, 0.1) is 0 Å². The van der Waals surface area contributed by atoms with Crippen LogP contribution in [0.2, 0.25) is 5.02 Å². The van der Waals surface area contributed by atoms with Crippen molar-refractivity contribution in [2.75, 3.05) is 6.54 Å². The summed E-state index contributed by atoms with van der Waals surface area (Å²) in [4.78, 5) is 13.9. The summed E-state index contributed by atoms with van der Waals surface area (Å²) in [6, 6.07) is 8.03. The Balaban J connectivity index is 2.13. The Morgan fingerprint density at radius 3 is 2.65 bits per heavy atom. The van der Waals surface area contributed by atoms with Crippen LogP contribution in [-0.2, 0) is 11.2 Å². The van der Waals surface area contributed by atoms with E-state index in [4.69, 9.17) is 11.6 Å². The largest absolute Gasteiger partial charge is 0.480 e. The lowest BCUT2D eigenvalue weighted by Gasteiger charge is -2.38. The molecule has 3 nitrogen and oxygen atoms in total. The van der Waals surface area contributed by atoms with Crippen LogP contribution in [0.25, 0.3) is 0 Å². The molecule has 0 radical (unpaired) electrons. The summed E-state index contributed by atoms with van der Waals surface area (Å²) < 4.78 is 0. The van der Waals surface area contributed by atoms with Crippen molar-refractivity contribution >= 4 is 17.6 Å². The highest BCUT2D eigenvalue weighted by Crippen LogP contribution is 2.35. The number of nitrogens with zero attached hydrogens (tertiary/aromatic N) is 1. The number of hydrogen-bond acceptors (Lipinski definition) is 2. The highest BCUT2D eigenvalue weighted by Gasteiger charge is 2.47. The van der Waals surface area contributed by atoms with Gasteiger partial charge in [0.15, 0.2) is 0 Å². The zero-order chi connectivity index (χ0) is 14.8. The van der Waals surface area contributed by atoms with E-state index in [2.05, 4.69) is 11.8 Å². The van der Waals surface area contributed by atoms with Gasteiger partial charge in [-0.15, -0.1) is 0 Å². The highest BCUT2D eigenvalue weighted by atomic mass is 35.5. The van der Waals surface area contributed by atoms with Crippen LogP contribution in [0.5, 0.6) is 0 Å². The van der Waals surface area contributed by atoms with Gasteiger partial charge in [-0.1, -0.05) is 30.7 Å². The number of likely N-dealkylation sites (tertiary alicyclic amines) is 1. The Labute approximate surface area is 125 Å². The van der Waals surface area contributed by atoms with Crippen molar-refractivity contribution in [3.63, 3.8) is 0 Å². The standard InChI is InChI=1S/C16H22ClNO2/c1-3-16(15(19)20)9-4-10-18(16)12(2)11-13-5-7-14(17)8-6-13/h5-8,12H,3-4,9-11H2,1-2H3,(H,19,20). The molecular formula is C16H22ClNO2. The lowest BCUT2D eigenvalue weighted by Crippen LogP contribution is -2.54. The Kier molecular flexibility index (Phi) is 4.71. The molecule has 1 heterocycles. The van der Waals surface area contributed by atoms with E-state index in [-0.39, 0.29) is 6.04 Å². The summed E-state index contributed by atoms with van der Waals surface area (Å²) >= 11 is 5.90. The second kappa shape index (κ2) is 6.15. The molecule has 2 atom stereocenters. The molecule has 1 aliphatic heterocycles. The topological polar surface area (TPSA) is 40.5 Å². The molecule has 1 saturated heterocycles. The molecule has 2 rings (SSSR count). The summed E-state index contributed by atoms with van der Waals surface area (Å²) in [7, 11) is 0. The monoisotopic (exact) mass is 295 g/mol. The third-order valence-corrected chi connectivity index (χ3v) is 4.75. The van der Waals surface area contributed by atoms with Crippen molar-refractivity contribution < 1.29 is 9.90 Å². The third kappa shape index (κ3) is 2.84. The normalized spacial score (nSPS) is 24.8. The number of carbonyl (C=O) groups is 1. The van der Waals surface area contributed by atoms with E-state index < -0.39 is 11.5 Å². The van der Waals surface area contributed by atoms with Crippen molar-refractivity contribution in [3.05, 3.63) is 34.9 Å². The molecule has 0 amide bonds. The fraction of sp³-hybridized carbons (Fsp3) is 0.562. The summed E-state index contributed by atoms with van der Waals surface area (Å²) in [5, 5.41) is 10.4. The molecule has 0 aliphatic carbocycles. The van der Waals surface area contributed by atoms with Crippen molar-refractivity contribution in [2.24, 2.45) is 0 Å². The Morgan fingerprint density at radius 2 is 2.10 bits per heavy atom. The number of rotatable bonds is 5. The van der Waals surface area contributed by atoms with Gasteiger partial charge < -0.3 is 5.11 Å². The number of halogens is 1. The first kappa shape index (κ1) is 15.3. The maximum atomic E-state index is 11.7. The van der Waals surface area contributed by atoms with Gasteiger partial charge in [0, 0.05) is 11.1 Å². The quantitative estimate of drug-likeness (QED) is 0.902. The second-order valence-corrected chi connectivity index (χ2v) is 6.10. The summed E-state index contributed by atoms with van der Waals surface area (Å²) in [6.07, 6.45) is 3.23. The van der Waals surface area contributed by atoms with E-state index in [0.717, 1.165) is 30.8 Å². The number of benzene rings is 1. The molecule has 0 aromatic heterocycles. The molecule has 0 bridgehead atoms. The van der Waals surface area contributed by atoms with E-state index in [1.807, 2.05) is 31.2 Å². The molecule has 0 spiro atoms. The van der Waals surface area contributed by atoms with Gasteiger partial charge in [0.1, 0.15) is 5.54 Å². The molecule has 1 fully saturated rings. The molecule has 1 aromatic rings. The molecule has 110 valence electrons. The van der Waals surface area contributed by atoms with Gasteiger partial charge in [-0.2, -0.15) is 0 Å². The van der Waals surface area contributed by atoms with Crippen molar-refractivity contribution in [1.29, 1.82) is 0 Å². The lowest BCUT2D eigenvalue weighted by atomic mass is 9.91. The lowest BCUT2D eigenvalue weighted by molar-refractivity contribution is -0.151. The van der Waals surface area contributed by atoms with Crippen LogP contribution in [-0.4, -0.2) is 34.1 Å². The molecule has 1 N–H and O–H groups in total. The van der Waals surface area contributed by atoms with Gasteiger partial charge >= 0.3 is 5.97 Å². The minimum absolute atomic E-state index is 0.217. The fourth-order valence-electron chi connectivity index (χ4n) is 3.37. The van der Waals surface area contributed by atoms with E-state index in [9.17, 15) is 9.90 Å². The van der Waals surface area contributed by atoms with Gasteiger partial charge in [-0.05, 0) is 56.8 Å². The van der Waals surface area contributed by atoms with Gasteiger partial charge in [0.2, 0.25) is 0 Å². The van der Waals surface area contributed by atoms with E-state index in [1.165, 1.54) is 5.56 Å². The molecule has 2 unspecified atom stereocenters. The molecular weight excluding hydrogens is 274 g/mol. The highest BCUT2D eigenvalue weighted by molar-refractivity contribution is 6.30. The molecule has 20 heavy (non-hydrogen) atoms. The predicted octanol–water partition coefficient (Wildman–Crippen LogP) is 3.60. The first-order valence-electron chi connectivity index (χ1n) is 7.24. The van der Waals surface area contributed by atoms with Gasteiger partial charge in [0.25, 0.3) is 0 Å². The molecule has 1 aromatic carbocycles. The second-order valence-electron chi connectivity index (χ2n) is 5.67. The van der Waals surface area contributed by atoms with Crippen LogP contribution in [0.15, 0.2) is 24.3 Å². The Hall–Kier alpha value is -1.06. The number of hydrogen-bond donors (Lipinski definition) is 1. The Morgan fingerprint density at radius 1 is 1.45 bits per heavy atom. The SMILES string of the molecule is CCC1(C(=O)O)CCCN1C(C)Cc1ccc(Cl)cc1. The Bertz CT molecular complexity index is 474. The summed E-state index contributed by atoms with van der Waals surface area (Å²) in [6.45, 7) is 4.96. The van der Waals surface area contributed by atoms with E-state index in [1.54, 1.807) is 0 Å². The number of carboxylic acid groups (broad SMARTS) is 1. The minimum atomic E-state index is -0.680. The van der Waals surface area contributed by atoms with Crippen LogP contribution in [0, 0.1) is 0 Å². The number of aliphatic carboxylic acids is 1. The van der Waals surface area contributed by atoms with Crippen LogP contribution in [0.3, 0.4) is 0 Å². The van der Waals surface area contributed by atoms with E-state index in [0.29, 0.717) is 6.42 Å². The van der Waals surface area contributed by atoms with Crippen LogP contribution >= 0.6 is 11.6 Å². The van der Waals surface area contributed by atoms with Gasteiger partial charge in [-0.25, -0.2) is 0 Å². The average Bonchev–Trinajstić information content (AvgIpc) is 2.86. The van der Waals surface area contributed by atoms with Crippen LogP contribution in [0.1, 0.15) is 38.7 Å². The van der Waals surface area contributed by atoms with Crippen molar-refractivity contribution in [2.45, 2.75) is 51.1 Å². The zero-order valence-electron chi connectivity index (χ0n) is 12.1. The first-order valence-corrected chi connectivity index (χ1v) is 7.62. The predicted molar refractivity (Wildman–Crippen MR) is 81.2 cm³/mol. The molecule has 4 heteroatoms. The third-order valence-electron chi connectivity index (χ3n) is 4.50. The van der Waals surface area contributed by atoms with Crippen molar-refractivity contribution in [3.8, 4) is 0 Å². The molecule has 1 aliphatic rings. The minimum Gasteiger partial charge on any atom is -0.480 e. The maximum absolute atomic E-state index is 11.7. The van der Waals surface area contributed by atoms with Crippen LogP contribution in [0.4, 0.5) is 0 Å². The zero-order valence-corrected chi connectivity index (χ0v) is 12.9. The first-order chi connectivity index (χ1) is 9.49. The van der Waals surface area contributed by atoms with Crippen molar-refractivity contribution in [1.82, 2.24) is 4.90 Å². The summed E-state index contributed by atoms with van der Waals surface area (Å²) in [5.74, 6) is -0.680. The molecule has 0 saturated carbocycles. The average molecular weight is 296 g/mol. The van der Waals surface area contributed by atoms with Crippen LogP contribution < -0.4 is 0 Å². The van der Waals surface area contributed by atoms with E-state index >= 15 is 0 Å². The smallest absolute Gasteiger partial charge is 0.324 e. The summed E-state index contributed by atoms with van der Waals surface area (Å²) in [5.41, 5.74) is 0.524. The number of carboxylic acids is 1.